The summed E-state index contributed by atoms with van der Waals surface area (Å²) in [6.07, 6.45) is 0.0385. The van der Waals surface area contributed by atoms with Crippen molar-refractivity contribution >= 4 is 29.3 Å². The second kappa shape index (κ2) is 9.82. The number of halogens is 1. The maximum atomic E-state index is 13.1. The van der Waals surface area contributed by atoms with Crippen molar-refractivity contribution in [3.63, 3.8) is 0 Å². The molecule has 0 heterocycles. The molecule has 7 heteroatoms. The van der Waals surface area contributed by atoms with E-state index in [2.05, 4.69) is 0 Å². The molecular weight excluding hydrogens is 355 g/mol. The van der Waals surface area contributed by atoms with E-state index in [1.165, 1.54) is 40.9 Å². The van der Waals surface area contributed by atoms with E-state index in [4.69, 9.17) is 10.5 Å². The fraction of sp³-hybridized carbons (Fsp3) is 0.263. The van der Waals surface area contributed by atoms with Gasteiger partial charge in [-0.15, -0.1) is 11.8 Å². The van der Waals surface area contributed by atoms with Crippen LogP contribution in [0.3, 0.4) is 0 Å². The van der Waals surface area contributed by atoms with E-state index in [1.54, 1.807) is 0 Å². The number of carbonyl (C=O) groups excluding carboxylic acids is 2. The van der Waals surface area contributed by atoms with Crippen molar-refractivity contribution in [3.05, 3.63) is 54.3 Å². The van der Waals surface area contributed by atoms with Crippen molar-refractivity contribution in [3.8, 4) is 5.75 Å². The molecule has 0 saturated heterocycles. The van der Waals surface area contributed by atoms with Gasteiger partial charge in [-0.05, 0) is 55.5 Å². The lowest BCUT2D eigenvalue weighted by Gasteiger charge is -2.22. The second-order valence-corrected chi connectivity index (χ2v) is 6.48. The number of hydrogen-bond donors (Lipinski definition) is 1. The van der Waals surface area contributed by atoms with Gasteiger partial charge < -0.3 is 15.4 Å². The van der Waals surface area contributed by atoms with Crippen LogP contribution in [0.4, 0.5) is 10.1 Å². The summed E-state index contributed by atoms with van der Waals surface area (Å²) in [5, 5.41) is 0. The molecule has 2 rings (SSSR count). The van der Waals surface area contributed by atoms with Crippen LogP contribution in [-0.2, 0) is 9.59 Å². The molecular formula is C19H21FN2O3S. The van der Waals surface area contributed by atoms with Crippen LogP contribution in [0.2, 0.25) is 0 Å². The molecule has 0 fully saturated rings. The minimum Gasteiger partial charge on any atom is -0.494 e. The summed E-state index contributed by atoms with van der Waals surface area (Å²) < 4.78 is 18.5. The Morgan fingerprint density at radius 2 is 1.77 bits per heavy atom. The minimum atomic E-state index is -0.496. The van der Waals surface area contributed by atoms with Gasteiger partial charge in [0.15, 0.2) is 0 Å². The summed E-state index contributed by atoms with van der Waals surface area (Å²) in [6, 6.07) is 13.0. The highest BCUT2D eigenvalue weighted by Gasteiger charge is 2.17. The summed E-state index contributed by atoms with van der Waals surface area (Å²) >= 11 is 1.38. The standard InChI is InChI=1S/C19H21FN2O3S/c1-2-25-16-7-9-17(10-8-16)26-13-19(24)22(12-11-18(21)23)15-5-3-14(20)4-6-15/h3-10H,2,11-13H2,1H3,(H2,21,23). The molecule has 2 aromatic carbocycles. The van der Waals surface area contributed by atoms with Gasteiger partial charge in [0.2, 0.25) is 11.8 Å². The monoisotopic (exact) mass is 376 g/mol. The van der Waals surface area contributed by atoms with E-state index in [0.29, 0.717) is 12.3 Å². The smallest absolute Gasteiger partial charge is 0.237 e. The van der Waals surface area contributed by atoms with Gasteiger partial charge >= 0.3 is 0 Å². The van der Waals surface area contributed by atoms with Gasteiger partial charge in [-0.1, -0.05) is 0 Å². The molecule has 5 nitrogen and oxygen atoms in total. The SMILES string of the molecule is CCOc1ccc(SCC(=O)N(CCC(N)=O)c2ccc(F)cc2)cc1. The van der Waals surface area contributed by atoms with Crippen LogP contribution in [0.15, 0.2) is 53.4 Å². The molecule has 2 amide bonds. The Morgan fingerprint density at radius 1 is 1.12 bits per heavy atom. The van der Waals surface area contributed by atoms with Crippen LogP contribution < -0.4 is 15.4 Å². The van der Waals surface area contributed by atoms with Crippen molar-refractivity contribution in [2.45, 2.75) is 18.2 Å². The summed E-state index contributed by atoms with van der Waals surface area (Å²) in [6.45, 7) is 2.67. The molecule has 2 aromatic rings. The summed E-state index contributed by atoms with van der Waals surface area (Å²) in [7, 11) is 0. The fourth-order valence-corrected chi connectivity index (χ4v) is 3.04. The zero-order valence-electron chi connectivity index (χ0n) is 14.5. The summed E-state index contributed by atoms with van der Waals surface area (Å²) in [5.41, 5.74) is 5.73. The Labute approximate surface area is 156 Å². The zero-order valence-corrected chi connectivity index (χ0v) is 15.3. The highest BCUT2D eigenvalue weighted by Crippen LogP contribution is 2.23. The number of benzene rings is 2. The van der Waals surface area contributed by atoms with Crippen LogP contribution in [0, 0.1) is 5.82 Å². The van der Waals surface area contributed by atoms with E-state index in [1.807, 2.05) is 31.2 Å². The largest absolute Gasteiger partial charge is 0.494 e. The molecule has 0 atom stereocenters. The molecule has 0 aromatic heterocycles. The highest BCUT2D eigenvalue weighted by atomic mass is 32.2. The maximum absolute atomic E-state index is 13.1. The predicted molar refractivity (Wildman–Crippen MR) is 101 cm³/mol. The maximum Gasteiger partial charge on any atom is 0.237 e. The zero-order chi connectivity index (χ0) is 18.9. The number of carbonyl (C=O) groups is 2. The molecule has 2 N–H and O–H groups in total. The van der Waals surface area contributed by atoms with Gasteiger partial charge in [0, 0.05) is 23.5 Å². The number of ether oxygens (including phenoxy) is 1. The van der Waals surface area contributed by atoms with E-state index >= 15 is 0 Å². The summed E-state index contributed by atoms with van der Waals surface area (Å²) in [5.74, 6) is -0.109. The van der Waals surface area contributed by atoms with Crippen molar-refractivity contribution < 1.29 is 18.7 Å². The number of thioether (sulfide) groups is 1. The Bertz CT molecular complexity index is 735. The molecule has 0 aliphatic heterocycles. The van der Waals surface area contributed by atoms with Gasteiger partial charge in [0.25, 0.3) is 0 Å². The van der Waals surface area contributed by atoms with Crippen LogP contribution in [0.1, 0.15) is 13.3 Å². The Morgan fingerprint density at radius 3 is 2.35 bits per heavy atom. The molecule has 138 valence electrons. The van der Waals surface area contributed by atoms with Crippen molar-refractivity contribution in [2.24, 2.45) is 5.73 Å². The first-order chi connectivity index (χ1) is 12.5. The molecule has 0 aliphatic rings. The van der Waals surface area contributed by atoms with Gasteiger partial charge in [-0.3, -0.25) is 9.59 Å². The lowest BCUT2D eigenvalue weighted by atomic mass is 10.2. The third-order valence-corrected chi connectivity index (χ3v) is 4.51. The van der Waals surface area contributed by atoms with Gasteiger partial charge in [-0.25, -0.2) is 4.39 Å². The second-order valence-electron chi connectivity index (χ2n) is 5.43. The Hall–Kier alpha value is -2.54. The lowest BCUT2D eigenvalue weighted by molar-refractivity contribution is -0.118. The molecule has 0 aliphatic carbocycles. The highest BCUT2D eigenvalue weighted by molar-refractivity contribution is 8.00. The number of nitrogens with zero attached hydrogens (tertiary/aromatic N) is 1. The van der Waals surface area contributed by atoms with Gasteiger partial charge in [0.05, 0.1) is 12.4 Å². The number of rotatable bonds is 9. The quantitative estimate of drug-likeness (QED) is 0.682. The van der Waals surface area contributed by atoms with E-state index in [0.717, 1.165) is 10.6 Å². The predicted octanol–water partition coefficient (Wildman–Crippen LogP) is 3.23. The minimum absolute atomic E-state index is 0.0385. The third-order valence-electron chi connectivity index (χ3n) is 3.52. The first-order valence-electron chi connectivity index (χ1n) is 8.19. The van der Waals surface area contributed by atoms with Crippen LogP contribution in [-0.4, -0.2) is 30.7 Å². The lowest BCUT2D eigenvalue weighted by Crippen LogP contribution is -2.35. The Kier molecular flexibility index (Phi) is 7.47. The fourth-order valence-electron chi connectivity index (χ4n) is 2.26. The summed E-state index contributed by atoms with van der Waals surface area (Å²) in [4.78, 5) is 26.1. The van der Waals surface area contributed by atoms with Crippen LogP contribution in [0.25, 0.3) is 0 Å². The normalized spacial score (nSPS) is 10.4. The van der Waals surface area contributed by atoms with Gasteiger partial charge in [0.1, 0.15) is 11.6 Å². The average Bonchev–Trinajstić information content (AvgIpc) is 2.63. The first kappa shape index (κ1) is 19.8. The number of primary amides is 1. The average molecular weight is 376 g/mol. The van der Waals surface area contributed by atoms with Crippen LogP contribution in [0.5, 0.6) is 5.75 Å². The van der Waals surface area contributed by atoms with E-state index in [-0.39, 0.29) is 30.4 Å². The number of hydrogen-bond acceptors (Lipinski definition) is 4. The molecule has 0 spiro atoms. The van der Waals surface area contributed by atoms with Crippen molar-refractivity contribution in [1.29, 1.82) is 0 Å². The molecule has 0 radical (unpaired) electrons. The number of nitrogens with two attached hydrogens (primary N) is 1. The molecule has 0 saturated carbocycles. The molecule has 0 unspecified atom stereocenters. The number of anilines is 1. The van der Waals surface area contributed by atoms with E-state index in [9.17, 15) is 14.0 Å². The Balaban J connectivity index is 2.03. The van der Waals surface area contributed by atoms with E-state index < -0.39 is 5.91 Å². The van der Waals surface area contributed by atoms with Crippen molar-refractivity contribution in [2.75, 3.05) is 23.8 Å². The van der Waals surface area contributed by atoms with Crippen LogP contribution >= 0.6 is 11.8 Å². The third kappa shape index (κ3) is 6.07. The topological polar surface area (TPSA) is 72.6 Å². The van der Waals surface area contributed by atoms with Gasteiger partial charge in [-0.2, -0.15) is 0 Å². The number of amides is 2. The molecule has 0 bridgehead atoms. The van der Waals surface area contributed by atoms with Crippen molar-refractivity contribution in [1.82, 2.24) is 0 Å². The first-order valence-corrected chi connectivity index (χ1v) is 9.18. The molecule has 26 heavy (non-hydrogen) atoms.